The summed E-state index contributed by atoms with van der Waals surface area (Å²) >= 11 is 0. The summed E-state index contributed by atoms with van der Waals surface area (Å²) in [4.78, 5) is 12.2. The van der Waals surface area contributed by atoms with Crippen molar-refractivity contribution in [3.8, 4) is 0 Å². The summed E-state index contributed by atoms with van der Waals surface area (Å²) in [5.41, 5.74) is 2.92. The van der Waals surface area contributed by atoms with Crippen molar-refractivity contribution in [3.63, 3.8) is 0 Å². The zero-order valence-electron chi connectivity index (χ0n) is 9.34. The van der Waals surface area contributed by atoms with Crippen LogP contribution in [0.5, 0.6) is 0 Å². The molecule has 1 nitrogen and oxygen atoms in total. The minimum atomic E-state index is -0.254. The van der Waals surface area contributed by atoms with Crippen molar-refractivity contribution >= 4 is 5.78 Å². The highest BCUT2D eigenvalue weighted by Crippen LogP contribution is 2.40. The number of allylic oxidation sites excluding steroid dienone is 1. The largest absolute Gasteiger partial charge is 0.294 e. The minimum absolute atomic E-state index is 0.254. The first-order chi connectivity index (χ1) is 7.03. The van der Waals surface area contributed by atoms with Crippen molar-refractivity contribution in [1.82, 2.24) is 0 Å². The third kappa shape index (κ3) is 1.63. The second-order valence-electron chi connectivity index (χ2n) is 4.86. The molecule has 1 aromatic carbocycles. The van der Waals surface area contributed by atoms with E-state index in [1.807, 2.05) is 32.0 Å². The zero-order chi connectivity index (χ0) is 11.1. The van der Waals surface area contributed by atoms with E-state index in [1.54, 1.807) is 0 Å². The van der Waals surface area contributed by atoms with Crippen LogP contribution in [0.15, 0.2) is 36.4 Å². The molecular formula is C14H16O. The molecule has 1 aliphatic rings. The van der Waals surface area contributed by atoms with Gasteiger partial charge in [0.15, 0.2) is 5.78 Å². The second-order valence-corrected chi connectivity index (χ2v) is 4.86. The maximum absolute atomic E-state index is 12.2. The van der Waals surface area contributed by atoms with E-state index in [0.717, 1.165) is 24.0 Å². The third-order valence-electron chi connectivity index (χ3n) is 3.08. The van der Waals surface area contributed by atoms with Crippen LogP contribution >= 0.6 is 0 Å². The Morgan fingerprint density at radius 1 is 1.47 bits per heavy atom. The fourth-order valence-electron chi connectivity index (χ4n) is 2.53. The molecule has 15 heavy (non-hydrogen) atoms. The van der Waals surface area contributed by atoms with Crippen LogP contribution in [0.25, 0.3) is 0 Å². The minimum Gasteiger partial charge on any atom is -0.294 e. The van der Waals surface area contributed by atoms with E-state index >= 15 is 0 Å². The summed E-state index contributed by atoms with van der Waals surface area (Å²) in [6.07, 6.45) is 1.65. The Morgan fingerprint density at radius 2 is 2.13 bits per heavy atom. The molecule has 0 fully saturated rings. The van der Waals surface area contributed by atoms with Crippen molar-refractivity contribution in [2.45, 2.75) is 26.7 Å². The molecule has 0 heterocycles. The maximum atomic E-state index is 12.2. The topological polar surface area (TPSA) is 17.1 Å². The summed E-state index contributed by atoms with van der Waals surface area (Å²) < 4.78 is 0. The van der Waals surface area contributed by atoms with Crippen LogP contribution in [0.1, 0.15) is 36.2 Å². The fraction of sp³-hybridized carbons (Fsp3) is 0.357. The third-order valence-corrected chi connectivity index (χ3v) is 3.08. The Morgan fingerprint density at radius 3 is 2.73 bits per heavy atom. The van der Waals surface area contributed by atoms with Gasteiger partial charge in [0.1, 0.15) is 0 Å². The van der Waals surface area contributed by atoms with Gasteiger partial charge in [0.05, 0.1) is 0 Å². The quantitative estimate of drug-likeness (QED) is 0.669. The molecule has 0 bridgehead atoms. The zero-order valence-corrected chi connectivity index (χ0v) is 9.34. The van der Waals surface area contributed by atoms with Crippen LogP contribution in [-0.4, -0.2) is 5.78 Å². The molecule has 0 saturated heterocycles. The molecule has 0 aromatic heterocycles. The Kier molecular flexibility index (Phi) is 2.26. The second kappa shape index (κ2) is 3.34. The lowest BCUT2D eigenvalue weighted by Crippen LogP contribution is -2.24. The summed E-state index contributed by atoms with van der Waals surface area (Å²) in [6.45, 7) is 7.94. The number of Topliss-reactive ketones (excluding diaryl/α,β-unsaturated/α-hetero) is 1. The number of carbonyl (C=O) groups excluding carboxylic acids is 1. The molecule has 1 aliphatic carbocycles. The lowest BCUT2D eigenvalue weighted by molar-refractivity contribution is 0.0842. The van der Waals surface area contributed by atoms with Gasteiger partial charge in [-0.3, -0.25) is 4.79 Å². The van der Waals surface area contributed by atoms with Gasteiger partial charge in [-0.25, -0.2) is 0 Å². The average molecular weight is 200 g/mol. The van der Waals surface area contributed by atoms with E-state index in [-0.39, 0.29) is 11.2 Å². The first-order valence-corrected chi connectivity index (χ1v) is 5.30. The van der Waals surface area contributed by atoms with Gasteiger partial charge in [-0.2, -0.15) is 0 Å². The van der Waals surface area contributed by atoms with E-state index in [0.29, 0.717) is 0 Å². The van der Waals surface area contributed by atoms with Gasteiger partial charge in [0.25, 0.3) is 0 Å². The SMILES string of the molecule is C=C(C)CC1(C)Cc2ccccc2C1=O. The smallest absolute Gasteiger partial charge is 0.169 e. The summed E-state index contributed by atoms with van der Waals surface area (Å²) in [7, 11) is 0. The van der Waals surface area contributed by atoms with Gasteiger partial charge in [0, 0.05) is 11.0 Å². The lowest BCUT2D eigenvalue weighted by Gasteiger charge is -2.21. The van der Waals surface area contributed by atoms with Gasteiger partial charge < -0.3 is 0 Å². The van der Waals surface area contributed by atoms with Gasteiger partial charge >= 0.3 is 0 Å². The number of benzene rings is 1. The molecule has 1 heteroatoms. The molecule has 1 unspecified atom stereocenters. The molecule has 1 aromatic rings. The number of fused-ring (bicyclic) bond motifs is 1. The molecule has 0 N–H and O–H groups in total. The Bertz CT molecular complexity index is 431. The fourth-order valence-corrected chi connectivity index (χ4v) is 2.53. The Labute approximate surface area is 90.8 Å². The first-order valence-electron chi connectivity index (χ1n) is 5.30. The molecule has 2 rings (SSSR count). The molecule has 1 atom stereocenters. The van der Waals surface area contributed by atoms with E-state index in [2.05, 4.69) is 12.6 Å². The van der Waals surface area contributed by atoms with Crippen LogP contribution in [0.3, 0.4) is 0 Å². The van der Waals surface area contributed by atoms with Crippen LogP contribution in [-0.2, 0) is 6.42 Å². The van der Waals surface area contributed by atoms with Gasteiger partial charge in [0.2, 0.25) is 0 Å². The summed E-state index contributed by atoms with van der Waals surface area (Å²) in [5, 5.41) is 0. The number of rotatable bonds is 2. The molecule has 0 amide bonds. The number of hydrogen-bond acceptors (Lipinski definition) is 1. The van der Waals surface area contributed by atoms with Crippen molar-refractivity contribution in [2.75, 3.05) is 0 Å². The van der Waals surface area contributed by atoms with Crippen LogP contribution < -0.4 is 0 Å². The Balaban J connectivity index is 2.38. The molecular weight excluding hydrogens is 184 g/mol. The Hall–Kier alpha value is -1.37. The van der Waals surface area contributed by atoms with Crippen molar-refractivity contribution < 1.29 is 4.79 Å². The average Bonchev–Trinajstić information content (AvgIpc) is 2.39. The summed E-state index contributed by atoms with van der Waals surface area (Å²) in [6, 6.07) is 7.92. The molecule has 0 spiro atoms. The molecule has 78 valence electrons. The first kappa shape index (κ1) is 10.2. The van der Waals surface area contributed by atoms with Gasteiger partial charge in [-0.15, -0.1) is 6.58 Å². The van der Waals surface area contributed by atoms with Crippen LogP contribution in [0.4, 0.5) is 0 Å². The molecule has 0 saturated carbocycles. The number of carbonyl (C=O) groups is 1. The van der Waals surface area contributed by atoms with Gasteiger partial charge in [-0.05, 0) is 25.3 Å². The normalized spacial score (nSPS) is 24.0. The molecule has 0 aliphatic heterocycles. The highest BCUT2D eigenvalue weighted by molar-refractivity contribution is 6.04. The lowest BCUT2D eigenvalue weighted by atomic mass is 9.80. The van der Waals surface area contributed by atoms with Crippen molar-refractivity contribution in [1.29, 1.82) is 0 Å². The van der Waals surface area contributed by atoms with Crippen LogP contribution in [0.2, 0.25) is 0 Å². The predicted molar refractivity (Wildman–Crippen MR) is 62.0 cm³/mol. The predicted octanol–water partition coefficient (Wildman–Crippen LogP) is 3.40. The van der Waals surface area contributed by atoms with Crippen LogP contribution in [0, 0.1) is 5.41 Å². The highest BCUT2D eigenvalue weighted by atomic mass is 16.1. The monoisotopic (exact) mass is 200 g/mol. The van der Waals surface area contributed by atoms with E-state index in [4.69, 9.17) is 0 Å². The van der Waals surface area contributed by atoms with Gasteiger partial charge in [-0.1, -0.05) is 36.8 Å². The van der Waals surface area contributed by atoms with E-state index < -0.39 is 0 Å². The highest BCUT2D eigenvalue weighted by Gasteiger charge is 2.40. The molecule has 0 radical (unpaired) electrons. The van der Waals surface area contributed by atoms with E-state index in [1.165, 1.54) is 5.56 Å². The number of hydrogen-bond donors (Lipinski definition) is 0. The number of ketones is 1. The standard InChI is InChI=1S/C14H16O/c1-10(2)8-14(3)9-11-6-4-5-7-12(11)13(14)15/h4-7H,1,8-9H2,2-3H3. The summed E-state index contributed by atoms with van der Waals surface area (Å²) in [5.74, 6) is 0.279. The van der Waals surface area contributed by atoms with Crippen molar-refractivity contribution in [3.05, 3.63) is 47.5 Å². The maximum Gasteiger partial charge on any atom is 0.169 e. The van der Waals surface area contributed by atoms with E-state index in [9.17, 15) is 4.79 Å². The van der Waals surface area contributed by atoms with Crippen molar-refractivity contribution in [2.24, 2.45) is 5.41 Å².